The lowest BCUT2D eigenvalue weighted by molar-refractivity contribution is -0.151. The molecular weight excluding hydrogens is 152 g/mol. The van der Waals surface area contributed by atoms with Crippen LogP contribution in [0.5, 0.6) is 0 Å². The molecule has 60 valence electrons. The number of hydrogen-bond donors (Lipinski definition) is 2. The topological polar surface area (TPSA) is 83.8 Å². The van der Waals surface area contributed by atoms with Gasteiger partial charge in [-0.25, -0.2) is 9.59 Å². The van der Waals surface area contributed by atoms with Crippen LogP contribution in [0.2, 0.25) is 0 Å². The maximum absolute atomic E-state index is 10.6. The van der Waals surface area contributed by atoms with E-state index in [-0.39, 0.29) is 5.57 Å². The van der Waals surface area contributed by atoms with Gasteiger partial charge < -0.3 is 14.9 Å². The van der Waals surface area contributed by atoms with Crippen molar-refractivity contribution >= 4 is 11.9 Å². The third-order valence-corrected chi connectivity index (χ3v) is 1.23. The summed E-state index contributed by atoms with van der Waals surface area (Å²) in [6.45, 7) is -0.603. The smallest absolute Gasteiger partial charge is 0.344 e. The molecule has 0 radical (unpaired) electrons. The largest absolute Gasteiger partial charge is 0.393 e. The molecule has 1 heterocycles. The Morgan fingerprint density at radius 1 is 1.55 bits per heavy atom. The van der Waals surface area contributed by atoms with E-state index in [1.165, 1.54) is 0 Å². The van der Waals surface area contributed by atoms with Crippen LogP contribution in [0.25, 0.3) is 0 Å². The maximum atomic E-state index is 10.6. The molecular formula is C6H6O5. The number of esters is 2. The molecule has 1 aliphatic rings. The zero-order valence-corrected chi connectivity index (χ0v) is 5.48. The van der Waals surface area contributed by atoms with Gasteiger partial charge in [0, 0.05) is 6.08 Å². The zero-order chi connectivity index (χ0) is 8.43. The van der Waals surface area contributed by atoms with Crippen molar-refractivity contribution < 1.29 is 24.5 Å². The first kappa shape index (κ1) is 7.90. The summed E-state index contributed by atoms with van der Waals surface area (Å²) in [5, 5.41) is 17.3. The van der Waals surface area contributed by atoms with Gasteiger partial charge in [-0.15, -0.1) is 0 Å². The van der Waals surface area contributed by atoms with Gasteiger partial charge in [0.1, 0.15) is 6.10 Å². The van der Waals surface area contributed by atoms with Gasteiger partial charge >= 0.3 is 11.9 Å². The molecule has 1 aliphatic heterocycles. The van der Waals surface area contributed by atoms with E-state index in [1.54, 1.807) is 0 Å². The monoisotopic (exact) mass is 158 g/mol. The molecule has 0 aliphatic carbocycles. The van der Waals surface area contributed by atoms with Crippen molar-refractivity contribution in [3.63, 3.8) is 0 Å². The number of rotatable bonds is 2. The molecule has 2 N–H and O–H groups in total. The zero-order valence-electron chi connectivity index (χ0n) is 5.48. The molecule has 0 spiro atoms. The summed E-state index contributed by atoms with van der Waals surface area (Å²) in [6.07, 6.45) is -0.461. The third kappa shape index (κ3) is 1.44. The van der Waals surface area contributed by atoms with E-state index in [0.29, 0.717) is 0 Å². The Labute approximate surface area is 61.9 Å². The fourth-order valence-electron chi connectivity index (χ4n) is 0.696. The first-order valence-electron chi connectivity index (χ1n) is 2.92. The predicted octanol–water partition coefficient (Wildman–Crippen LogP) is -1.65. The molecule has 0 amide bonds. The number of aliphatic hydroxyl groups is 2. The third-order valence-electron chi connectivity index (χ3n) is 1.23. The van der Waals surface area contributed by atoms with E-state index in [0.717, 1.165) is 6.08 Å². The molecule has 11 heavy (non-hydrogen) atoms. The van der Waals surface area contributed by atoms with Gasteiger partial charge in [-0.2, -0.15) is 0 Å². The minimum atomic E-state index is -1.33. The molecule has 1 atom stereocenters. The van der Waals surface area contributed by atoms with Crippen molar-refractivity contribution in [2.75, 3.05) is 6.61 Å². The van der Waals surface area contributed by atoms with Crippen molar-refractivity contribution in [3.8, 4) is 0 Å². The highest BCUT2D eigenvalue weighted by Crippen LogP contribution is 2.11. The van der Waals surface area contributed by atoms with E-state index >= 15 is 0 Å². The minimum absolute atomic E-state index is 0.197. The molecule has 0 aromatic carbocycles. The molecule has 5 heteroatoms. The van der Waals surface area contributed by atoms with Crippen LogP contribution in [-0.4, -0.2) is 34.9 Å². The number of carbonyl (C=O) groups is 2. The normalized spacial score (nSPS) is 19.6. The standard InChI is InChI=1S/C6H6O5/c7-2-4(8)3-1-5(9)11-6(3)10/h1,4,7-8H,2H2. The Bertz CT molecular complexity index is 229. The second-order valence-corrected chi connectivity index (χ2v) is 2.01. The van der Waals surface area contributed by atoms with Crippen LogP contribution >= 0.6 is 0 Å². The van der Waals surface area contributed by atoms with Crippen molar-refractivity contribution in [2.24, 2.45) is 0 Å². The Balaban J connectivity index is 2.79. The molecule has 1 unspecified atom stereocenters. The lowest BCUT2D eigenvalue weighted by atomic mass is 10.1. The first-order chi connectivity index (χ1) is 5.15. The highest BCUT2D eigenvalue weighted by atomic mass is 16.6. The van der Waals surface area contributed by atoms with Gasteiger partial charge in [-0.05, 0) is 0 Å². The number of cyclic esters (lactones) is 2. The molecule has 0 bridgehead atoms. The predicted molar refractivity (Wildman–Crippen MR) is 32.3 cm³/mol. The van der Waals surface area contributed by atoms with Crippen molar-refractivity contribution in [1.29, 1.82) is 0 Å². The summed E-state index contributed by atoms with van der Waals surface area (Å²) >= 11 is 0. The molecule has 0 fully saturated rings. The maximum Gasteiger partial charge on any atom is 0.344 e. The van der Waals surface area contributed by atoms with Crippen LogP contribution < -0.4 is 0 Å². The van der Waals surface area contributed by atoms with Crippen LogP contribution in [0.4, 0.5) is 0 Å². The van der Waals surface area contributed by atoms with E-state index in [2.05, 4.69) is 4.74 Å². The van der Waals surface area contributed by atoms with Crippen LogP contribution in [0.15, 0.2) is 11.6 Å². The van der Waals surface area contributed by atoms with E-state index < -0.39 is 24.6 Å². The number of aliphatic hydroxyl groups excluding tert-OH is 2. The number of ether oxygens (including phenoxy) is 1. The number of carbonyl (C=O) groups excluding carboxylic acids is 2. The molecule has 1 rings (SSSR count). The SMILES string of the molecule is O=C1C=C(C(O)CO)C(=O)O1. The van der Waals surface area contributed by atoms with Gasteiger partial charge in [0.05, 0.1) is 12.2 Å². The Morgan fingerprint density at radius 2 is 2.18 bits per heavy atom. The summed E-state index contributed by atoms with van der Waals surface area (Å²) in [5.74, 6) is -1.70. The van der Waals surface area contributed by atoms with Gasteiger partial charge in [-0.1, -0.05) is 0 Å². The van der Waals surface area contributed by atoms with Crippen LogP contribution in [-0.2, 0) is 14.3 Å². The Morgan fingerprint density at radius 3 is 2.55 bits per heavy atom. The van der Waals surface area contributed by atoms with E-state index in [4.69, 9.17) is 10.2 Å². The highest BCUT2D eigenvalue weighted by Gasteiger charge is 2.28. The summed E-state index contributed by atoms with van der Waals surface area (Å²) in [5.41, 5.74) is -0.197. The fourth-order valence-corrected chi connectivity index (χ4v) is 0.696. The Kier molecular flexibility index (Phi) is 2.02. The minimum Gasteiger partial charge on any atom is -0.393 e. The lowest BCUT2D eigenvalue weighted by Gasteiger charge is -2.02. The van der Waals surface area contributed by atoms with Crippen LogP contribution in [0, 0.1) is 0 Å². The summed E-state index contributed by atoms with van der Waals surface area (Å²) in [4.78, 5) is 21.0. The van der Waals surface area contributed by atoms with Crippen LogP contribution in [0.3, 0.4) is 0 Å². The van der Waals surface area contributed by atoms with Gasteiger partial charge in [0.2, 0.25) is 0 Å². The van der Waals surface area contributed by atoms with Crippen molar-refractivity contribution in [2.45, 2.75) is 6.10 Å². The molecule has 0 aromatic heterocycles. The van der Waals surface area contributed by atoms with E-state index in [9.17, 15) is 9.59 Å². The second kappa shape index (κ2) is 2.81. The number of hydrogen-bond acceptors (Lipinski definition) is 5. The lowest BCUT2D eigenvalue weighted by Crippen LogP contribution is -2.19. The summed E-state index contributed by atoms with van der Waals surface area (Å²) < 4.78 is 4.06. The highest BCUT2D eigenvalue weighted by molar-refractivity contribution is 6.09. The van der Waals surface area contributed by atoms with E-state index in [1.807, 2.05) is 0 Å². The molecule has 0 saturated carbocycles. The van der Waals surface area contributed by atoms with Gasteiger partial charge in [-0.3, -0.25) is 0 Å². The first-order valence-corrected chi connectivity index (χ1v) is 2.92. The molecule has 5 nitrogen and oxygen atoms in total. The average Bonchev–Trinajstić information content (AvgIpc) is 2.28. The van der Waals surface area contributed by atoms with Gasteiger partial charge in [0.15, 0.2) is 0 Å². The fraction of sp³-hybridized carbons (Fsp3) is 0.333. The Hall–Kier alpha value is -1.20. The average molecular weight is 158 g/mol. The summed E-state index contributed by atoms with van der Waals surface area (Å²) in [7, 11) is 0. The molecule has 0 saturated heterocycles. The molecule has 0 aromatic rings. The van der Waals surface area contributed by atoms with Gasteiger partial charge in [0.25, 0.3) is 0 Å². The second-order valence-electron chi connectivity index (χ2n) is 2.01. The van der Waals surface area contributed by atoms with Crippen molar-refractivity contribution in [3.05, 3.63) is 11.6 Å². The quantitative estimate of drug-likeness (QED) is 0.371. The van der Waals surface area contributed by atoms with Crippen LogP contribution in [0.1, 0.15) is 0 Å². The summed E-state index contributed by atoms with van der Waals surface area (Å²) in [6, 6.07) is 0. The van der Waals surface area contributed by atoms with Crippen molar-refractivity contribution in [1.82, 2.24) is 0 Å².